The standard InChI is InChI=1S/C45H26O/c46-45(41-13-5-9-29-17-21-37-35-19-15-27-7-1-3-11-31(27)33(35)23-25-39(37)43(29)41)42-14-6-10-30-18-22-38-36-20-16-28-8-2-4-12-32(28)34(36)24-26-40(38)44(30)42/h1-26H. The van der Waals surface area contributed by atoms with Gasteiger partial charge < -0.3 is 0 Å². The third kappa shape index (κ3) is 3.48. The molecule has 212 valence electrons. The summed E-state index contributed by atoms with van der Waals surface area (Å²) in [5.41, 5.74) is 1.47. The minimum absolute atomic E-state index is 0.0495. The summed E-state index contributed by atoms with van der Waals surface area (Å²) < 4.78 is 0. The van der Waals surface area contributed by atoms with Crippen molar-refractivity contribution in [3.8, 4) is 0 Å². The maximum atomic E-state index is 14.8. The van der Waals surface area contributed by atoms with E-state index < -0.39 is 0 Å². The van der Waals surface area contributed by atoms with Crippen LogP contribution in [0.1, 0.15) is 15.9 Å². The second-order valence-electron chi connectivity index (χ2n) is 12.4. The van der Waals surface area contributed by atoms with E-state index in [0.29, 0.717) is 0 Å². The highest BCUT2D eigenvalue weighted by Gasteiger charge is 2.19. The van der Waals surface area contributed by atoms with E-state index in [0.717, 1.165) is 54.2 Å². The first kappa shape index (κ1) is 25.3. The molecular weight excluding hydrogens is 556 g/mol. The molecular formula is C45H26O. The Morgan fingerprint density at radius 2 is 0.587 bits per heavy atom. The highest BCUT2D eigenvalue weighted by atomic mass is 16.1. The Morgan fingerprint density at radius 1 is 0.261 bits per heavy atom. The summed E-state index contributed by atoms with van der Waals surface area (Å²) in [6.45, 7) is 0. The topological polar surface area (TPSA) is 17.1 Å². The molecule has 0 saturated heterocycles. The molecule has 0 aliphatic heterocycles. The van der Waals surface area contributed by atoms with Gasteiger partial charge in [0.1, 0.15) is 0 Å². The Morgan fingerprint density at radius 3 is 1.07 bits per heavy atom. The lowest BCUT2D eigenvalue weighted by atomic mass is 9.88. The zero-order valence-electron chi connectivity index (χ0n) is 24.9. The fraction of sp³-hybridized carbons (Fsp3) is 0. The number of carbonyl (C=O) groups is 1. The molecule has 1 nitrogen and oxygen atoms in total. The van der Waals surface area contributed by atoms with Crippen LogP contribution >= 0.6 is 0 Å². The molecule has 0 aliphatic rings. The van der Waals surface area contributed by atoms with Crippen molar-refractivity contribution in [2.45, 2.75) is 0 Å². The molecule has 46 heavy (non-hydrogen) atoms. The fourth-order valence-corrected chi connectivity index (χ4v) is 7.91. The smallest absolute Gasteiger partial charge is 0.194 e. The van der Waals surface area contributed by atoms with Gasteiger partial charge in [0.05, 0.1) is 0 Å². The largest absolute Gasteiger partial charge is 0.289 e. The van der Waals surface area contributed by atoms with Gasteiger partial charge in [0, 0.05) is 21.9 Å². The van der Waals surface area contributed by atoms with Gasteiger partial charge in [0.15, 0.2) is 5.78 Å². The Hall–Kier alpha value is -6.05. The summed E-state index contributed by atoms with van der Waals surface area (Å²) in [5, 5.41) is 18.5. The van der Waals surface area contributed by atoms with E-state index in [1.165, 1.54) is 43.1 Å². The predicted molar refractivity (Wildman–Crippen MR) is 196 cm³/mol. The lowest BCUT2D eigenvalue weighted by Gasteiger charge is -2.15. The highest BCUT2D eigenvalue weighted by Crippen LogP contribution is 2.39. The fourth-order valence-electron chi connectivity index (χ4n) is 7.91. The second kappa shape index (κ2) is 9.47. The molecule has 0 N–H and O–H groups in total. The summed E-state index contributed by atoms with van der Waals surface area (Å²) in [7, 11) is 0. The molecule has 0 aliphatic carbocycles. The van der Waals surface area contributed by atoms with Crippen LogP contribution in [0.2, 0.25) is 0 Å². The van der Waals surface area contributed by atoms with Crippen LogP contribution < -0.4 is 0 Å². The molecule has 0 amide bonds. The Labute approximate surface area is 264 Å². The van der Waals surface area contributed by atoms with Gasteiger partial charge in [-0.3, -0.25) is 4.79 Å². The maximum Gasteiger partial charge on any atom is 0.194 e. The van der Waals surface area contributed by atoms with Crippen molar-refractivity contribution in [2.24, 2.45) is 0 Å². The molecule has 0 radical (unpaired) electrons. The number of benzene rings is 10. The van der Waals surface area contributed by atoms with E-state index in [4.69, 9.17) is 0 Å². The molecule has 0 atom stereocenters. The van der Waals surface area contributed by atoms with Gasteiger partial charge in [-0.05, 0) is 75.4 Å². The lowest BCUT2D eigenvalue weighted by Crippen LogP contribution is -2.04. The SMILES string of the molecule is O=C(c1cccc2ccc3c4ccc5ccccc5c4ccc3c12)c1cccc2ccc3c4ccc5ccccc5c4ccc3c12. The average Bonchev–Trinajstić information content (AvgIpc) is 3.13. The van der Waals surface area contributed by atoms with Crippen LogP contribution in [-0.4, -0.2) is 5.78 Å². The van der Waals surface area contributed by atoms with E-state index in [9.17, 15) is 4.79 Å². The number of ketones is 1. The molecule has 0 saturated carbocycles. The number of rotatable bonds is 2. The molecule has 10 aromatic rings. The monoisotopic (exact) mass is 582 g/mol. The Balaban J connectivity index is 1.24. The van der Waals surface area contributed by atoms with E-state index in [1.807, 2.05) is 24.3 Å². The van der Waals surface area contributed by atoms with Crippen LogP contribution in [0.15, 0.2) is 158 Å². The molecule has 0 bridgehead atoms. The number of hydrogen-bond acceptors (Lipinski definition) is 1. The van der Waals surface area contributed by atoms with E-state index >= 15 is 0 Å². The van der Waals surface area contributed by atoms with Gasteiger partial charge in [-0.1, -0.05) is 158 Å². The third-order valence-electron chi connectivity index (χ3n) is 10.0. The average molecular weight is 583 g/mol. The lowest BCUT2D eigenvalue weighted by molar-refractivity contribution is 0.104. The molecule has 0 spiro atoms. The summed E-state index contributed by atoms with van der Waals surface area (Å²) >= 11 is 0. The molecule has 0 fully saturated rings. The van der Waals surface area contributed by atoms with Crippen molar-refractivity contribution in [3.05, 3.63) is 169 Å². The number of hydrogen-bond donors (Lipinski definition) is 0. The van der Waals surface area contributed by atoms with Gasteiger partial charge in [0.2, 0.25) is 0 Å². The minimum Gasteiger partial charge on any atom is -0.289 e. The van der Waals surface area contributed by atoms with Crippen molar-refractivity contribution < 1.29 is 4.79 Å². The van der Waals surface area contributed by atoms with E-state index in [2.05, 4.69) is 133 Å². The van der Waals surface area contributed by atoms with Crippen LogP contribution in [-0.2, 0) is 0 Å². The van der Waals surface area contributed by atoms with Crippen molar-refractivity contribution in [2.75, 3.05) is 0 Å². The summed E-state index contributed by atoms with van der Waals surface area (Å²) in [6.07, 6.45) is 0. The van der Waals surface area contributed by atoms with Gasteiger partial charge in [-0.25, -0.2) is 0 Å². The van der Waals surface area contributed by atoms with Crippen LogP contribution in [0.3, 0.4) is 0 Å². The van der Waals surface area contributed by atoms with Crippen LogP contribution in [0.4, 0.5) is 0 Å². The molecule has 1 heteroatoms. The second-order valence-corrected chi connectivity index (χ2v) is 12.4. The van der Waals surface area contributed by atoms with Crippen molar-refractivity contribution >= 4 is 92.0 Å². The van der Waals surface area contributed by atoms with Gasteiger partial charge >= 0.3 is 0 Å². The van der Waals surface area contributed by atoms with E-state index in [1.54, 1.807) is 0 Å². The molecule has 0 heterocycles. The predicted octanol–water partition coefficient (Wildman–Crippen LogP) is 12.1. The Kier molecular flexibility index (Phi) is 5.21. The van der Waals surface area contributed by atoms with Crippen LogP contribution in [0, 0.1) is 0 Å². The zero-order valence-corrected chi connectivity index (χ0v) is 24.9. The van der Waals surface area contributed by atoms with Gasteiger partial charge in [0.25, 0.3) is 0 Å². The zero-order chi connectivity index (χ0) is 30.4. The van der Waals surface area contributed by atoms with Crippen LogP contribution in [0.5, 0.6) is 0 Å². The number of carbonyl (C=O) groups excluding carboxylic acids is 1. The van der Waals surface area contributed by atoms with Crippen LogP contribution in [0.25, 0.3) is 86.2 Å². The van der Waals surface area contributed by atoms with Crippen molar-refractivity contribution in [3.63, 3.8) is 0 Å². The summed E-state index contributed by atoms with van der Waals surface area (Å²) in [6, 6.07) is 55.8. The molecule has 0 aromatic heterocycles. The summed E-state index contributed by atoms with van der Waals surface area (Å²) in [5.74, 6) is 0.0495. The summed E-state index contributed by atoms with van der Waals surface area (Å²) in [4.78, 5) is 14.8. The van der Waals surface area contributed by atoms with Gasteiger partial charge in [-0.15, -0.1) is 0 Å². The number of fused-ring (bicyclic) bond motifs is 14. The third-order valence-corrected chi connectivity index (χ3v) is 10.0. The van der Waals surface area contributed by atoms with Gasteiger partial charge in [-0.2, -0.15) is 0 Å². The first-order valence-corrected chi connectivity index (χ1v) is 15.8. The Bertz CT molecular complexity index is 2730. The van der Waals surface area contributed by atoms with Crippen molar-refractivity contribution in [1.82, 2.24) is 0 Å². The normalized spacial score (nSPS) is 12.0. The molecule has 10 aromatic carbocycles. The molecule has 10 rings (SSSR count). The first-order valence-electron chi connectivity index (χ1n) is 15.8. The first-order chi connectivity index (χ1) is 22.7. The molecule has 0 unspecified atom stereocenters. The van der Waals surface area contributed by atoms with E-state index in [-0.39, 0.29) is 5.78 Å². The maximum absolute atomic E-state index is 14.8. The minimum atomic E-state index is 0.0495. The highest BCUT2D eigenvalue weighted by molar-refractivity contribution is 6.32. The van der Waals surface area contributed by atoms with Crippen molar-refractivity contribution in [1.29, 1.82) is 0 Å². The quantitative estimate of drug-likeness (QED) is 0.146.